The first-order valence-corrected chi connectivity index (χ1v) is 5.40. The van der Waals surface area contributed by atoms with Crippen LogP contribution in [-0.4, -0.2) is 61.3 Å². The van der Waals surface area contributed by atoms with E-state index in [4.69, 9.17) is 10.5 Å². The molecule has 1 amide bonds. The second-order valence-corrected chi connectivity index (χ2v) is 4.28. The molecule has 1 atom stereocenters. The Morgan fingerprint density at radius 1 is 1.53 bits per heavy atom. The third-order valence-electron chi connectivity index (χ3n) is 2.53. The lowest BCUT2D eigenvalue weighted by Gasteiger charge is -2.38. The van der Waals surface area contributed by atoms with E-state index in [1.54, 1.807) is 4.90 Å². The minimum atomic E-state index is -0.242. The van der Waals surface area contributed by atoms with Crippen molar-refractivity contribution in [1.82, 2.24) is 9.80 Å². The van der Waals surface area contributed by atoms with Crippen molar-refractivity contribution in [1.29, 1.82) is 0 Å². The molecule has 15 heavy (non-hydrogen) atoms. The summed E-state index contributed by atoms with van der Waals surface area (Å²) in [5, 5.41) is 0. The fraction of sp³-hybridized carbons (Fsp3) is 0.900. The van der Waals surface area contributed by atoms with E-state index in [0.717, 1.165) is 13.1 Å². The number of nitrogens with zero attached hydrogens (tertiary/aromatic N) is 2. The summed E-state index contributed by atoms with van der Waals surface area (Å²) in [7, 11) is 2.04. The van der Waals surface area contributed by atoms with Crippen LogP contribution >= 0.6 is 0 Å². The predicted molar refractivity (Wildman–Crippen MR) is 58.7 cm³/mol. The van der Waals surface area contributed by atoms with Gasteiger partial charge in [-0.3, -0.25) is 0 Å². The Kier molecular flexibility index (Phi) is 4.35. The molecule has 0 saturated carbocycles. The van der Waals surface area contributed by atoms with Crippen LogP contribution in [0, 0.1) is 0 Å². The highest BCUT2D eigenvalue weighted by Gasteiger charge is 2.29. The van der Waals surface area contributed by atoms with E-state index >= 15 is 0 Å². The number of rotatable bonds is 2. The molecular weight excluding hydrogens is 194 g/mol. The lowest BCUT2D eigenvalue weighted by atomic mass is 10.2. The quantitative estimate of drug-likeness (QED) is 0.710. The molecular formula is C10H21N3O2. The van der Waals surface area contributed by atoms with Crippen molar-refractivity contribution in [3.8, 4) is 0 Å². The SMILES string of the molecule is CC(C)OC(=O)N1CCN(C)CC1CN. The Labute approximate surface area is 91.2 Å². The van der Waals surface area contributed by atoms with E-state index in [-0.39, 0.29) is 18.2 Å². The van der Waals surface area contributed by atoms with Crippen LogP contribution in [0.4, 0.5) is 4.79 Å². The standard InChI is InChI=1S/C10H21N3O2/c1-8(2)15-10(14)13-5-4-12(3)7-9(13)6-11/h8-9H,4-7,11H2,1-3H3. The third kappa shape index (κ3) is 3.35. The highest BCUT2D eigenvalue weighted by molar-refractivity contribution is 5.68. The maximum atomic E-state index is 11.7. The molecule has 0 aromatic rings. The maximum absolute atomic E-state index is 11.7. The molecule has 0 aliphatic carbocycles. The van der Waals surface area contributed by atoms with Gasteiger partial charge in [0.2, 0.25) is 0 Å². The van der Waals surface area contributed by atoms with Gasteiger partial charge in [-0.05, 0) is 20.9 Å². The zero-order chi connectivity index (χ0) is 11.4. The molecule has 1 aliphatic rings. The van der Waals surface area contributed by atoms with Gasteiger partial charge in [-0.2, -0.15) is 0 Å². The number of likely N-dealkylation sites (N-methyl/N-ethyl adjacent to an activating group) is 1. The Morgan fingerprint density at radius 2 is 2.20 bits per heavy atom. The van der Waals surface area contributed by atoms with Crippen molar-refractivity contribution < 1.29 is 9.53 Å². The lowest BCUT2D eigenvalue weighted by molar-refractivity contribution is 0.0397. The van der Waals surface area contributed by atoms with Gasteiger partial charge in [-0.1, -0.05) is 0 Å². The topological polar surface area (TPSA) is 58.8 Å². The molecule has 0 spiro atoms. The Morgan fingerprint density at radius 3 is 2.73 bits per heavy atom. The van der Waals surface area contributed by atoms with Gasteiger partial charge in [0.15, 0.2) is 0 Å². The number of nitrogens with two attached hydrogens (primary N) is 1. The molecule has 1 fully saturated rings. The number of hydrogen-bond acceptors (Lipinski definition) is 4. The van der Waals surface area contributed by atoms with Gasteiger partial charge < -0.3 is 20.3 Å². The smallest absolute Gasteiger partial charge is 0.410 e. The first-order valence-electron chi connectivity index (χ1n) is 5.40. The molecule has 0 aromatic heterocycles. The zero-order valence-electron chi connectivity index (χ0n) is 9.77. The summed E-state index contributed by atoms with van der Waals surface area (Å²) in [4.78, 5) is 15.6. The molecule has 88 valence electrons. The number of carbonyl (C=O) groups is 1. The fourth-order valence-electron chi connectivity index (χ4n) is 1.72. The van der Waals surface area contributed by atoms with E-state index in [0.29, 0.717) is 13.1 Å². The Bertz CT molecular complexity index is 221. The molecule has 0 aromatic carbocycles. The Hall–Kier alpha value is -0.810. The van der Waals surface area contributed by atoms with Crippen LogP contribution in [0.3, 0.4) is 0 Å². The summed E-state index contributed by atoms with van der Waals surface area (Å²) in [5.74, 6) is 0. The summed E-state index contributed by atoms with van der Waals surface area (Å²) in [6.07, 6.45) is -0.316. The van der Waals surface area contributed by atoms with Gasteiger partial charge in [0.25, 0.3) is 0 Å². The average Bonchev–Trinajstić information content (AvgIpc) is 2.16. The van der Waals surface area contributed by atoms with E-state index in [9.17, 15) is 4.79 Å². The minimum Gasteiger partial charge on any atom is -0.447 e. The van der Waals surface area contributed by atoms with Crippen LogP contribution in [0.15, 0.2) is 0 Å². The second-order valence-electron chi connectivity index (χ2n) is 4.28. The van der Waals surface area contributed by atoms with Crippen molar-refractivity contribution in [2.45, 2.75) is 26.0 Å². The van der Waals surface area contributed by atoms with E-state index in [2.05, 4.69) is 4.90 Å². The van der Waals surface area contributed by atoms with Crippen LogP contribution in [0.2, 0.25) is 0 Å². The van der Waals surface area contributed by atoms with Crippen molar-refractivity contribution >= 4 is 6.09 Å². The number of amides is 1. The second kappa shape index (κ2) is 5.32. The van der Waals surface area contributed by atoms with E-state index in [1.165, 1.54) is 0 Å². The maximum Gasteiger partial charge on any atom is 0.410 e. The molecule has 0 radical (unpaired) electrons. The number of hydrogen-bond donors (Lipinski definition) is 1. The normalized spacial score (nSPS) is 23.3. The average molecular weight is 215 g/mol. The van der Waals surface area contributed by atoms with Crippen LogP contribution < -0.4 is 5.73 Å². The van der Waals surface area contributed by atoms with Crippen LogP contribution in [0.25, 0.3) is 0 Å². The molecule has 1 heterocycles. The summed E-state index contributed by atoms with van der Waals surface area (Å²) < 4.78 is 5.17. The molecule has 2 N–H and O–H groups in total. The summed E-state index contributed by atoms with van der Waals surface area (Å²) >= 11 is 0. The number of piperazine rings is 1. The molecule has 1 rings (SSSR count). The molecule has 1 saturated heterocycles. The van der Waals surface area contributed by atoms with E-state index in [1.807, 2.05) is 20.9 Å². The van der Waals surface area contributed by atoms with E-state index < -0.39 is 0 Å². The fourth-order valence-corrected chi connectivity index (χ4v) is 1.72. The third-order valence-corrected chi connectivity index (χ3v) is 2.53. The van der Waals surface area contributed by atoms with Gasteiger partial charge in [0.05, 0.1) is 12.1 Å². The number of carbonyl (C=O) groups excluding carboxylic acids is 1. The van der Waals surface area contributed by atoms with Crippen molar-refractivity contribution in [3.63, 3.8) is 0 Å². The van der Waals surface area contributed by atoms with Gasteiger partial charge in [0.1, 0.15) is 0 Å². The Balaban J connectivity index is 2.55. The highest BCUT2D eigenvalue weighted by Crippen LogP contribution is 2.10. The van der Waals surface area contributed by atoms with Gasteiger partial charge in [-0.25, -0.2) is 4.79 Å². The zero-order valence-corrected chi connectivity index (χ0v) is 9.77. The van der Waals surface area contributed by atoms with Gasteiger partial charge in [-0.15, -0.1) is 0 Å². The molecule has 0 bridgehead atoms. The van der Waals surface area contributed by atoms with Gasteiger partial charge in [0, 0.05) is 26.2 Å². The van der Waals surface area contributed by atoms with Crippen LogP contribution in [0.5, 0.6) is 0 Å². The first kappa shape index (κ1) is 12.3. The number of ether oxygens (including phenoxy) is 1. The molecule has 1 unspecified atom stereocenters. The molecule has 1 aliphatic heterocycles. The molecule has 5 heteroatoms. The summed E-state index contributed by atoms with van der Waals surface area (Å²) in [6, 6.07) is 0.0787. The monoisotopic (exact) mass is 215 g/mol. The lowest BCUT2D eigenvalue weighted by Crippen LogP contribution is -2.57. The van der Waals surface area contributed by atoms with Gasteiger partial charge >= 0.3 is 6.09 Å². The van der Waals surface area contributed by atoms with Crippen molar-refractivity contribution in [2.24, 2.45) is 5.73 Å². The summed E-state index contributed by atoms with van der Waals surface area (Å²) in [5.41, 5.74) is 5.65. The van der Waals surface area contributed by atoms with Crippen molar-refractivity contribution in [3.05, 3.63) is 0 Å². The molecule has 5 nitrogen and oxygen atoms in total. The summed E-state index contributed by atoms with van der Waals surface area (Å²) in [6.45, 7) is 6.59. The highest BCUT2D eigenvalue weighted by atomic mass is 16.6. The van der Waals surface area contributed by atoms with Crippen LogP contribution in [0.1, 0.15) is 13.8 Å². The predicted octanol–water partition coefficient (Wildman–Crippen LogP) is 0.106. The largest absolute Gasteiger partial charge is 0.447 e. The van der Waals surface area contributed by atoms with Crippen molar-refractivity contribution in [2.75, 3.05) is 33.2 Å². The minimum absolute atomic E-state index is 0.0735. The van der Waals surface area contributed by atoms with Crippen LogP contribution in [-0.2, 0) is 4.74 Å². The first-order chi connectivity index (χ1) is 7.04.